The zero-order valence-corrected chi connectivity index (χ0v) is 18.9. The summed E-state index contributed by atoms with van der Waals surface area (Å²) in [5, 5.41) is 10.6. The summed E-state index contributed by atoms with van der Waals surface area (Å²) in [4.78, 5) is 12.0. The van der Waals surface area contributed by atoms with Crippen LogP contribution in [-0.4, -0.2) is 22.8 Å². The van der Waals surface area contributed by atoms with E-state index in [1.54, 1.807) is 23.8 Å². The van der Waals surface area contributed by atoms with Crippen LogP contribution in [-0.2, 0) is 12.7 Å². The summed E-state index contributed by atoms with van der Waals surface area (Å²) < 4.78 is 46.6. The second-order valence-corrected chi connectivity index (χ2v) is 8.29. The molecule has 0 aliphatic carbocycles. The molecule has 0 aliphatic rings. The second kappa shape index (κ2) is 8.50. The second-order valence-electron chi connectivity index (χ2n) is 7.21. The molecular weight excluding hydrogens is 534 g/mol. The molecule has 0 saturated carbocycles. The molecule has 1 heterocycles. The van der Waals surface area contributed by atoms with Crippen molar-refractivity contribution < 1.29 is 27.8 Å². The molecule has 0 bridgehead atoms. The van der Waals surface area contributed by atoms with E-state index in [9.17, 15) is 23.1 Å². The molecule has 4 aromatic rings. The molecule has 1 N–H and O–H groups in total. The number of nitrogens with zero attached hydrogens (tertiary/aromatic N) is 1. The number of alkyl halides is 3. The highest BCUT2D eigenvalue weighted by atomic mass is 127. The van der Waals surface area contributed by atoms with Crippen LogP contribution in [0.1, 0.15) is 21.6 Å². The lowest BCUT2D eigenvalue weighted by molar-refractivity contribution is -0.137. The molecule has 4 nitrogen and oxygen atoms in total. The predicted octanol–water partition coefficient (Wildman–Crippen LogP) is 6.69. The maximum Gasteiger partial charge on any atom is 0.416 e. The summed E-state index contributed by atoms with van der Waals surface area (Å²) in [6.07, 6.45) is -4.47. The molecule has 164 valence electrons. The highest BCUT2D eigenvalue weighted by molar-refractivity contribution is 14.1. The number of ether oxygens (including phenoxy) is 1. The van der Waals surface area contributed by atoms with Crippen LogP contribution in [0.15, 0.2) is 66.7 Å². The smallest absolute Gasteiger partial charge is 0.416 e. The van der Waals surface area contributed by atoms with Crippen molar-refractivity contribution in [3.05, 3.63) is 87.1 Å². The SMILES string of the molecule is COc1ccc(-c2ccc3c(c2)c(I)c(C(=O)O)n3Cc2cccc(C(F)(F)F)c2)cc1. The number of methoxy groups -OCH3 is 1. The van der Waals surface area contributed by atoms with Gasteiger partial charge in [0.15, 0.2) is 0 Å². The van der Waals surface area contributed by atoms with Gasteiger partial charge in [0.2, 0.25) is 0 Å². The summed E-state index contributed by atoms with van der Waals surface area (Å²) in [5.74, 6) is -0.409. The Morgan fingerprint density at radius 1 is 1.03 bits per heavy atom. The lowest BCUT2D eigenvalue weighted by Gasteiger charge is -2.12. The maximum atomic E-state index is 13.1. The molecule has 3 aromatic carbocycles. The molecule has 4 rings (SSSR count). The van der Waals surface area contributed by atoms with Gasteiger partial charge in [-0.25, -0.2) is 4.79 Å². The van der Waals surface area contributed by atoms with Crippen LogP contribution in [0.5, 0.6) is 5.75 Å². The van der Waals surface area contributed by atoms with Gasteiger partial charge in [0.1, 0.15) is 11.4 Å². The van der Waals surface area contributed by atoms with E-state index in [-0.39, 0.29) is 12.2 Å². The lowest BCUT2D eigenvalue weighted by Crippen LogP contribution is -2.12. The van der Waals surface area contributed by atoms with Crippen LogP contribution in [0.25, 0.3) is 22.0 Å². The van der Waals surface area contributed by atoms with Crippen LogP contribution >= 0.6 is 22.6 Å². The number of fused-ring (bicyclic) bond motifs is 1. The Kier molecular flexibility index (Phi) is 5.89. The van der Waals surface area contributed by atoms with E-state index >= 15 is 0 Å². The van der Waals surface area contributed by atoms with E-state index in [2.05, 4.69) is 0 Å². The molecule has 0 amide bonds. The van der Waals surface area contributed by atoms with Gasteiger partial charge in [-0.2, -0.15) is 13.2 Å². The minimum atomic E-state index is -4.47. The van der Waals surface area contributed by atoms with Crippen LogP contribution < -0.4 is 4.74 Å². The minimum Gasteiger partial charge on any atom is -0.497 e. The van der Waals surface area contributed by atoms with E-state index in [1.165, 1.54) is 6.07 Å². The van der Waals surface area contributed by atoms with Gasteiger partial charge >= 0.3 is 12.1 Å². The van der Waals surface area contributed by atoms with Gasteiger partial charge in [0.05, 0.1) is 21.8 Å². The Morgan fingerprint density at radius 2 is 1.72 bits per heavy atom. The molecule has 8 heteroatoms. The number of carboxylic acid groups (broad SMARTS) is 1. The molecule has 0 fully saturated rings. The average molecular weight is 551 g/mol. The highest BCUT2D eigenvalue weighted by Crippen LogP contribution is 2.34. The molecule has 0 spiro atoms. The monoisotopic (exact) mass is 551 g/mol. The van der Waals surface area contributed by atoms with Crippen LogP contribution in [0, 0.1) is 3.57 Å². The molecule has 1 aromatic heterocycles. The van der Waals surface area contributed by atoms with Crippen LogP contribution in [0.2, 0.25) is 0 Å². The number of aromatic carboxylic acids is 1. The first-order valence-corrected chi connectivity index (χ1v) is 10.6. The molecule has 0 unspecified atom stereocenters. The van der Waals surface area contributed by atoms with Gasteiger partial charge < -0.3 is 14.4 Å². The van der Waals surface area contributed by atoms with Crippen molar-refractivity contribution in [2.24, 2.45) is 0 Å². The molecule has 0 aliphatic heterocycles. The van der Waals surface area contributed by atoms with Crippen molar-refractivity contribution >= 4 is 39.5 Å². The number of aromatic nitrogens is 1. The maximum absolute atomic E-state index is 13.1. The van der Waals surface area contributed by atoms with Crippen molar-refractivity contribution in [2.45, 2.75) is 12.7 Å². The van der Waals surface area contributed by atoms with Crippen molar-refractivity contribution in [1.82, 2.24) is 4.57 Å². The van der Waals surface area contributed by atoms with Gasteiger partial charge in [-0.15, -0.1) is 0 Å². The summed E-state index contributed by atoms with van der Waals surface area (Å²) in [7, 11) is 1.59. The van der Waals surface area contributed by atoms with Gasteiger partial charge in [-0.05, 0) is 75.7 Å². The molecule has 32 heavy (non-hydrogen) atoms. The quantitative estimate of drug-likeness (QED) is 0.282. The highest BCUT2D eigenvalue weighted by Gasteiger charge is 2.30. The number of benzene rings is 3. The van der Waals surface area contributed by atoms with Gasteiger partial charge in [-0.1, -0.05) is 30.3 Å². The van der Waals surface area contributed by atoms with Gasteiger partial charge in [0, 0.05) is 11.9 Å². The first-order chi connectivity index (χ1) is 15.2. The zero-order valence-electron chi connectivity index (χ0n) is 16.8. The van der Waals surface area contributed by atoms with Crippen molar-refractivity contribution in [3.8, 4) is 16.9 Å². The third-order valence-electron chi connectivity index (χ3n) is 5.22. The van der Waals surface area contributed by atoms with E-state index in [0.717, 1.165) is 34.4 Å². The fourth-order valence-corrected chi connectivity index (χ4v) is 4.63. The zero-order chi connectivity index (χ0) is 23.0. The van der Waals surface area contributed by atoms with E-state index in [0.29, 0.717) is 14.7 Å². The van der Waals surface area contributed by atoms with E-state index < -0.39 is 17.7 Å². The fourth-order valence-electron chi connectivity index (χ4n) is 3.68. The van der Waals surface area contributed by atoms with Crippen molar-refractivity contribution in [3.63, 3.8) is 0 Å². The van der Waals surface area contributed by atoms with Gasteiger partial charge in [0.25, 0.3) is 0 Å². The molecule has 0 radical (unpaired) electrons. The molecule has 0 atom stereocenters. The summed E-state index contributed by atoms with van der Waals surface area (Å²) in [6, 6.07) is 18.0. The number of carbonyl (C=O) groups is 1. The lowest BCUT2D eigenvalue weighted by atomic mass is 10.0. The third kappa shape index (κ3) is 4.19. The molecular formula is C24H17F3INO3. The van der Waals surface area contributed by atoms with Crippen LogP contribution in [0.3, 0.4) is 0 Å². The number of halogens is 4. The number of rotatable bonds is 5. The number of hydrogen-bond donors (Lipinski definition) is 1. The minimum absolute atomic E-state index is 0.00688. The topological polar surface area (TPSA) is 51.5 Å². The Bertz CT molecular complexity index is 1310. The third-order valence-corrected chi connectivity index (χ3v) is 6.31. The average Bonchev–Trinajstić information content (AvgIpc) is 3.04. The Morgan fingerprint density at radius 3 is 2.34 bits per heavy atom. The van der Waals surface area contributed by atoms with E-state index in [1.807, 2.05) is 59.0 Å². The van der Waals surface area contributed by atoms with Crippen molar-refractivity contribution in [2.75, 3.05) is 7.11 Å². The standard InChI is InChI=1S/C24H17F3INO3/c1-32-18-8-5-15(6-9-18)16-7-10-20-19(12-16)21(28)22(23(30)31)29(20)13-14-3-2-4-17(11-14)24(25,26)27/h2-12H,13H2,1H3,(H,30,31). The number of hydrogen-bond acceptors (Lipinski definition) is 2. The Labute approximate surface area is 195 Å². The summed E-state index contributed by atoms with van der Waals surface area (Å²) in [5.41, 5.74) is 2.12. The Balaban J connectivity index is 1.82. The summed E-state index contributed by atoms with van der Waals surface area (Å²) >= 11 is 1.98. The van der Waals surface area contributed by atoms with Crippen LogP contribution in [0.4, 0.5) is 13.2 Å². The predicted molar refractivity (Wildman–Crippen MR) is 124 cm³/mol. The first-order valence-electron chi connectivity index (χ1n) is 9.54. The summed E-state index contributed by atoms with van der Waals surface area (Å²) in [6.45, 7) is 0.00688. The fraction of sp³-hybridized carbons (Fsp3) is 0.125. The Hall–Kier alpha value is -3.01. The largest absolute Gasteiger partial charge is 0.497 e. The van der Waals surface area contributed by atoms with Crippen molar-refractivity contribution in [1.29, 1.82) is 0 Å². The van der Waals surface area contributed by atoms with E-state index in [4.69, 9.17) is 4.74 Å². The first kappa shape index (κ1) is 22.2. The molecule has 0 saturated heterocycles. The van der Waals surface area contributed by atoms with Gasteiger partial charge in [-0.3, -0.25) is 0 Å². The normalized spacial score (nSPS) is 11.7. The number of carboxylic acids is 1.